The summed E-state index contributed by atoms with van der Waals surface area (Å²) in [5, 5.41) is 15.7. The Hall–Kier alpha value is -3.58. The van der Waals surface area contributed by atoms with Gasteiger partial charge >= 0.3 is 6.03 Å². The Morgan fingerprint density at radius 3 is 2.23 bits per heavy atom. The number of rotatable bonds is 7. The first-order valence-corrected chi connectivity index (χ1v) is 11.0. The minimum absolute atomic E-state index is 0.155. The Labute approximate surface area is 185 Å². The highest BCUT2D eigenvalue weighted by molar-refractivity contribution is 7.15. The van der Waals surface area contributed by atoms with Gasteiger partial charge in [-0.15, -0.1) is 10.2 Å². The number of carbonyl (C=O) groups is 1. The molecule has 0 aliphatic heterocycles. The Morgan fingerprint density at radius 1 is 0.903 bits per heavy atom. The van der Waals surface area contributed by atoms with Crippen LogP contribution in [0, 0.1) is 0 Å². The average Bonchev–Trinajstić information content (AvgIpc) is 3.27. The normalized spacial score (nSPS) is 12.7. The molecule has 0 aliphatic rings. The average molecular weight is 430 g/mol. The van der Waals surface area contributed by atoms with Crippen LogP contribution in [0.2, 0.25) is 0 Å². The summed E-state index contributed by atoms with van der Waals surface area (Å²) in [5.41, 5.74) is 2.90. The first-order valence-electron chi connectivity index (χ1n) is 10.2. The topological polar surface area (TPSA) is 79.8 Å². The number of nitrogens with one attached hydrogen (secondary N) is 2. The Morgan fingerprint density at radius 2 is 1.58 bits per heavy atom. The summed E-state index contributed by atoms with van der Waals surface area (Å²) in [5.74, 6) is 0.155. The first-order chi connectivity index (χ1) is 15.2. The molecule has 0 aliphatic carbocycles. The highest BCUT2D eigenvalue weighted by Crippen LogP contribution is 2.31. The van der Waals surface area contributed by atoms with Gasteiger partial charge in [0.25, 0.3) is 0 Å². The molecule has 156 valence electrons. The molecule has 4 rings (SSSR count). The summed E-state index contributed by atoms with van der Waals surface area (Å²) in [6.07, 6.45) is 2.62. The molecule has 2 aromatic heterocycles. The van der Waals surface area contributed by atoms with Gasteiger partial charge in [0.2, 0.25) is 5.13 Å². The molecule has 2 unspecified atom stereocenters. The van der Waals surface area contributed by atoms with Gasteiger partial charge in [0.1, 0.15) is 5.01 Å². The van der Waals surface area contributed by atoms with Crippen molar-refractivity contribution in [2.24, 2.45) is 0 Å². The molecule has 0 spiro atoms. The first kappa shape index (κ1) is 20.7. The SMILES string of the molecule is CCC(c1ccccc1)c1nnc(NC(=O)NC(c2ccccc2)c2ccccn2)s1. The van der Waals surface area contributed by atoms with Crippen LogP contribution >= 0.6 is 11.3 Å². The minimum Gasteiger partial charge on any atom is -0.325 e. The van der Waals surface area contributed by atoms with Crippen LogP contribution in [0.5, 0.6) is 0 Å². The summed E-state index contributed by atoms with van der Waals surface area (Å²) in [7, 11) is 0. The number of anilines is 1. The second-order valence-corrected chi connectivity index (χ2v) is 8.02. The maximum Gasteiger partial charge on any atom is 0.321 e. The molecule has 0 fully saturated rings. The van der Waals surface area contributed by atoms with E-state index >= 15 is 0 Å². The zero-order valence-corrected chi connectivity index (χ0v) is 17.9. The Balaban J connectivity index is 1.49. The van der Waals surface area contributed by atoms with Crippen molar-refractivity contribution in [1.82, 2.24) is 20.5 Å². The molecule has 2 amide bonds. The molecule has 0 saturated carbocycles. The third-order valence-corrected chi connectivity index (χ3v) is 5.91. The lowest BCUT2D eigenvalue weighted by atomic mass is 9.97. The standard InChI is InChI=1S/C24H23N5OS/c1-2-19(17-11-5-3-6-12-17)22-28-29-24(31-22)27-23(30)26-21(18-13-7-4-8-14-18)20-15-9-10-16-25-20/h3-16,19,21H,2H2,1H3,(H2,26,27,29,30). The van der Waals surface area contributed by atoms with E-state index in [9.17, 15) is 4.79 Å². The van der Waals surface area contributed by atoms with Crippen molar-refractivity contribution in [2.45, 2.75) is 25.3 Å². The fourth-order valence-corrected chi connectivity index (χ4v) is 4.40. The summed E-state index contributed by atoms with van der Waals surface area (Å²) in [6.45, 7) is 2.12. The van der Waals surface area contributed by atoms with Crippen LogP contribution in [-0.2, 0) is 0 Å². The number of urea groups is 1. The number of aromatic nitrogens is 3. The maximum atomic E-state index is 12.8. The van der Waals surface area contributed by atoms with Crippen LogP contribution in [0.25, 0.3) is 0 Å². The predicted molar refractivity (Wildman–Crippen MR) is 123 cm³/mol. The number of carbonyl (C=O) groups excluding carboxylic acids is 1. The van der Waals surface area contributed by atoms with E-state index in [1.54, 1.807) is 6.20 Å². The number of pyridine rings is 1. The monoisotopic (exact) mass is 429 g/mol. The van der Waals surface area contributed by atoms with E-state index in [1.165, 1.54) is 16.9 Å². The summed E-state index contributed by atoms with van der Waals surface area (Å²) in [6, 6.07) is 24.9. The van der Waals surface area contributed by atoms with E-state index in [1.807, 2.05) is 66.7 Å². The second-order valence-electron chi connectivity index (χ2n) is 7.01. The van der Waals surface area contributed by atoms with Crippen molar-refractivity contribution in [2.75, 3.05) is 5.32 Å². The van der Waals surface area contributed by atoms with Crippen molar-refractivity contribution in [1.29, 1.82) is 0 Å². The highest BCUT2D eigenvalue weighted by Gasteiger charge is 2.21. The number of nitrogens with zero attached hydrogens (tertiary/aromatic N) is 3. The van der Waals surface area contributed by atoms with Crippen LogP contribution in [0.15, 0.2) is 85.1 Å². The predicted octanol–water partition coefficient (Wildman–Crippen LogP) is 5.39. The van der Waals surface area contributed by atoms with Crippen LogP contribution in [-0.4, -0.2) is 21.2 Å². The maximum absolute atomic E-state index is 12.8. The van der Waals surface area contributed by atoms with Crippen LogP contribution in [0.4, 0.5) is 9.93 Å². The van der Waals surface area contributed by atoms with Gasteiger partial charge in [0, 0.05) is 12.1 Å². The molecule has 0 saturated heterocycles. The quantitative estimate of drug-likeness (QED) is 0.413. The zero-order valence-electron chi connectivity index (χ0n) is 17.1. The van der Waals surface area contributed by atoms with Crippen molar-refractivity contribution >= 4 is 22.5 Å². The second kappa shape index (κ2) is 9.95. The van der Waals surface area contributed by atoms with E-state index < -0.39 is 0 Å². The van der Waals surface area contributed by atoms with Gasteiger partial charge < -0.3 is 5.32 Å². The molecule has 7 heteroatoms. The third kappa shape index (κ3) is 5.13. The molecule has 0 radical (unpaired) electrons. The van der Waals surface area contributed by atoms with Crippen LogP contribution in [0.3, 0.4) is 0 Å². The lowest BCUT2D eigenvalue weighted by Crippen LogP contribution is -2.33. The molecule has 31 heavy (non-hydrogen) atoms. The molecule has 4 aromatic rings. The van der Waals surface area contributed by atoms with Crippen molar-refractivity contribution < 1.29 is 4.79 Å². The van der Waals surface area contributed by atoms with Crippen molar-refractivity contribution in [3.63, 3.8) is 0 Å². The summed E-state index contributed by atoms with van der Waals surface area (Å²) < 4.78 is 0. The molecule has 2 heterocycles. The fourth-order valence-electron chi connectivity index (χ4n) is 3.45. The molecule has 0 bridgehead atoms. The number of hydrogen-bond donors (Lipinski definition) is 2. The largest absolute Gasteiger partial charge is 0.325 e. The highest BCUT2D eigenvalue weighted by atomic mass is 32.1. The van der Waals surface area contributed by atoms with E-state index in [2.05, 4.69) is 44.9 Å². The fraction of sp³-hybridized carbons (Fsp3) is 0.167. The third-order valence-electron chi connectivity index (χ3n) is 4.96. The van der Waals surface area contributed by atoms with Gasteiger partial charge in [0.05, 0.1) is 11.7 Å². The summed E-state index contributed by atoms with van der Waals surface area (Å²) >= 11 is 1.40. The number of benzene rings is 2. The van der Waals surface area contributed by atoms with Gasteiger partial charge in [-0.05, 0) is 29.7 Å². The molecule has 2 atom stereocenters. The van der Waals surface area contributed by atoms with E-state index in [-0.39, 0.29) is 18.0 Å². The van der Waals surface area contributed by atoms with E-state index in [4.69, 9.17) is 0 Å². The van der Waals surface area contributed by atoms with Gasteiger partial charge in [0.15, 0.2) is 0 Å². The van der Waals surface area contributed by atoms with E-state index in [0.29, 0.717) is 5.13 Å². The van der Waals surface area contributed by atoms with Crippen molar-refractivity contribution in [3.8, 4) is 0 Å². The van der Waals surface area contributed by atoms with Gasteiger partial charge in [-0.2, -0.15) is 0 Å². The van der Waals surface area contributed by atoms with E-state index in [0.717, 1.165) is 22.7 Å². The number of amides is 2. The van der Waals surface area contributed by atoms with Gasteiger partial charge in [-0.1, -0.05) is 85.0 Å². The lowest BCUT2D eigenvalue weighted by molar-refractivity contribution is 0.250. The molecule has 2 N–H and O–H groups in total. The van der Waals surface area contributed by atoms with Crippen LogP contribution < -0.4 is 10.6 Å². The summed E-state index contributed by atoms with van der Waals surface area (Å²) in [4.78, 5) is 17.2. The van der Waals surface area contributed by atoms with Gasteiger partial charge in [-0.25, -0.2) is 4.79 Å². The Kier molecular flexibility index (Phi) is 6.64. The molecular formula is C24H23N5OS. The minimum atomic E-state index is -0.373. The molecular weight excluding hydrogens is 406 g/mol. The Bertz CT molecular complexity index is 1060. The number of hydrogen-bond acceptors (Lipinski definition) is 5. The molecule has 2 aromatic carbocycles. The van der Waals surface area contributed by atoms with Gasteiger partial charge in [-0.3, -0.25) is 10.3 Å². The van der Waals surface area contributed by atoms with Crippen LogP contribution in [0.1, 0.15) is 47.1 Å². The smallest absolute Gasteiger partial charge is 0.321 e. The molecule has 6 nitrogen and oxygen atoms in total. The zero-order chi connectivity index (χ0) is 21.5. The lowest BCUT2D eigenvalue weighted by Gasteiger charge is -2.18. The van der Waals surface area contributed by atoms with Crippen molar-refractivity contribution in [3.05, 3.63) is 107 Å².